The summed E-state index contributed by atoms with van der Waals surface area (Å²) in [7, 11) is 0. The summed E-state index contributed by atoms with van der Waals surface area (Å²) in [5.41, 5.74) is 2.49. The first-order chi connectivity index (χ1) is 7.68. The van der Waals surface area contributed by atoms with Crippen molar-refractivity contribution in [2.75, 3.05) is 13.1 Å². The van der Waals surface area contributed by atoms with Crippen molar-refractivity contribution in [1.29, 1.82) is 0 Å². The lowest BCUT2D eigenvalue weighted by molar-refractivity contribution is 0.280. The van der Waals surface area contributed by atoms with Gasteiger partial charge in [-0.3, -0.25) is 4.90 Å². The summed E-state index contributed by atoms with van der Waals surface area (Å²) in [6, 6.07) is 8.66. The van der Waals surface area contributed by atoms with E-state index in [2.05, 4.69) is 30.5 Å². The number of hydrogen-bond acceptors (Lipinski definition) is 1. The minimum atomic E-state index is 0.477. The van der Waals surface area contributed by atoms with Crippen LogP contribution in [0.15, 0.2) is 36.4 Å². The van der Waals surface area contributed by atoms with Gasteiger partial charge in [0.15, 0.2) is 0 Å². The van der Waals surface area contributed by atoms with Crippen LogP contribution in [0, 0.1) is 0 Å². The summed E-state index contributed by atoms with van der Waals surface area (Å²) < 4.78 is 0. The van der Waals surface area contributed by atoms with Gasteiger partial charge in [0.1, 0.15) is 0 Å². The van der Waals surface area contributed by atoms with Crippen LogP contribution in [-0.2, 0) is 0 Å². The summed E-state index contributed by atoms with van der Waals surface area (Å²) in [4.78, 5) is 2.48. The monoisotopic (exact) mass is 235 g/mol. The fourth-order valence-corrected chi connectivity index (χ4v) is 2.72. The Hall–Kier alpha value is -0.790. The Labute approximate surface area is 103 Å². The molecule has 0 N–H and O–H groups in total. The Balaban J connectivity index is 2.20. The van der Waals surface area contributed by atoms with E-state index in [1.165, 1.54) is 24.0 Å². The van der Waals surface area contributed by atoms with E-state index < -0.39 is 0 Å². The second kappa shape index (κ2) is 5.03. The largest absolute Gasteiger partial charge is 0.292 e. The summed E-state index contributed by atoms with van der Waals surface area (Å²) >= 11 is 6.26. The van der Waals surface area contributed by atoms with Crippen LogP contribution in [0.1, 0.15) is 31.4 Å². The van der Waals surface area contributed by atoms with Gasteiger partial charge in [0.2, 0.25) is 0 Å². The lowest BCUT2D eigenvalue weighted by Crippen LogP contribution is -2.25. The van der Waals surface area contributed by atoms with E-state index in [0.29, 0.717) is 6.04 Å². The van der Waals surface area contributed by atoms with Gasteiger partial charge in [-0.25, -0.2) is 0 Å². The van der Waals surface area contributed by atoms with E-state index in [1.54, 1.807) is 0 Å². The van der Waals surface area contributed by atoms with Gasteiger partial charge in [-0.15, -0.1) is 0 Å². The van der Waals surface area contributed by atoms with Gasteiger partial charge in [0.25, 0.3) is 0 Å². The highest BCUT2D eigenvalue weighted by atomic mass is 35.5. The molecule has 1 heterocycles. The van der Waals surface area contributed by atoms with Gasteiger partial charge in [-0.05, 0) is 37.9 Å². The predicted octanol–water partition coefficient (Wildman–Crippen LogP) is 4.05. The average molecular weight is 236 g/mol. The van der Waals surface area contributed by atoms with Crippen LogP contribution in [0.2, 0.25) is 5.02 Å². The molecule has 2 heteroatoms. The zero-order valence-electron chi connectivity index (χ0n) is 9.75. The standard InChI is InChI=1S/C14H18ClN/c1-11(2)10-16-9-5-8-14(16)12-6-3-4-7-13(12)15/h3-4,6-7,14H,1,5,8-10H2,2H3/t14-/m0/s1. The molecule has 1 aromatic rings. The van der Waals surface area contributed by atoms with Crippen molar-refractivity contribution in [3.05, 3.63) is 47.0 Å². The van der Waals surface area contributed by atoms with E-state index in [0.717, 1.165) is 18.1 Å². The number of hydrogen-bond donors (Lipinski definition) is 0. The fraction of sp³-hybridized carbons (Fsp3) is 0.429. The average Bonchev–Trinajstić information content (AvgIpc) is 2.66. The van der Waals surface area contributed by atoms with Crippen molar-refractivity contribution in [2.45, 2.75) is 25.8 Å². The summed E-state index contributed by atoms with van der Waals surface area (Å²) in [5.74, 6) is 0. The van der Waals surface area contributed by atoms with Crippen molar-refractivity contribution in [3.8, 4) is 0 Å². The van der Waals surface area contributed by atoms with Crippen LogP contribution in [0.25, 0.3) is 0 Å². The third-order valence-electron chi connectivity index (χ3n) is 3.10. The molecule has 0 aliphatic carbocycles. The maximum Gasteiger partial charge on any atom is 0.0453 e. The molecule has 0 unspecified atom stereocenters. The Kier molecular flexibility index (Phi) is 3.67. The van der Waals surface area contributed by atoms with Gasteiger partial charge in [-0.1, -0.05) is 42.0 Å². The molecule has 1 aliphatic rings. The molecule has 0 amide bonds. The van der Waals surface area contributed by atoms with E-state index in [9.17, 15) is 0 Å². The summed E-state index contributed by atoms with van der Waals surface area (Å²) in [6.07, 6.45) is 2.46. The Bertz CT molecular complexity index is 386. The molecule has 0 bridgehead atoms. The molecular formula is C14H18ClN. The third-order valence-corrected chi connectivity index (χ3v) is 3.45. The molecule has 1 fully saturated rings. The van der Waals surface area contributed by atoms with E-state index in [-0.39, 0.29) is 0 Å². The van der Waals surface area contributed by atoms with Gasteiger partial charge in [0.05, 0.1) is 0 Å². The van der Waals surface area contributed by atoms with Gasteiger partial charge in [0, 0.05) is 17.6 Å². The quantitative estimate of drug-likeness (QED) is 0.715. The minimum Gasteiger partial charge on any atom is -0.292 e. The van der Waals surface area contributed by atoms with Gasteiger partial charge < -0.3 is 0 Å². The van der Waals surface area contributed by atoms with Crippen molar-refractivity contribution in [2.24, 2.45) is 0 Å². The predicted molar refractivity (Wildman–Crippen MR) is 69.8 cm³/mol. The normalized spacial score (nSPS) is 21.2. The molecule has 1 atom stereocenters. The van der Waals surface area contributed by atoms with E-state index in [1.807, 2.05) is 12.1 Å². The molecule has 0 radical (unpaired) electrons. The third kappa shape index (κ3) is 2.47. The van der Waals surface area contributed by atoms with Crippen molar-refractivity contribution in [3.63, 3.8) is 0 Å². The fourth-order valence-electron chi connectivity index (χ4n) is 2.46. The van der Waals surface area contributed by atoms with Crippen LogP contribution in [0.5, 0.6) is 0 Å². The Morgan fingerprint density at radius 1 is 1.50 bits per heavy atom. The van der Waals surface area contributed by atoms with Crippen molar-refractivity contribution >= 4 is 11.6 Å². The number of likely N-dealkylation sites (tertiary alicyclic amines) is 1. The smallest absolute Gasteiger partial charge is 0.0453 e. The lowest BCUT2D eigenvalue weighted by Gasteiger charge is -2.25. The number of rotatable bonds is 3. The van der Waals surface area contributed by atoms with E-state index in [4.69, 9.17) is 11.6 Å². The molecule has 0 spiro atoms. The zero-order chi connectivity index (χ0) is 11.5. The van der Waals surface area contributed by atoms with Gasteiger partial charge >= 0.3 is 0 Å². The molecule has 1 nitrogen and oxygen atoms in total. The van der Waals surface area contributed by atoms with Crippen molar-refractivity contribution in [1.82, 2.24) is 4.90 Å². The van der Waals surface area contributed by atoms with E-state index >= 15 is 0 Å². The number of benzene rings is 1. The zero-order valence-corrected chi connectivity index (χ0v) is 10.5. The van der Waals surface area contributed by atoms with Crippen LogP contribution in [0.3, 0.4) is 0 Å². The first-order valence-corrected chi connectivity index (χ1v) is 6.19. The first kappa shape index (κ1) is 11.7. The second-order valence-corrected chi connectivity index (χ2v) is 5.01. The molecule has 0 aromatic heterocycles. The van der Waals surface area contributed by atoms with Crippen LogP contribution in [-0.4, -0.2) is 18.0 Å². The summed E-state index contributed by atoms with van der Waals surface area (Å²) in [6.45, 7) is 8.22. The Morgan fingerprint density at radius 2 is 2.25 bits per heavy atom. The number of nitrogens with zero attached hydrogens (tertiary/aromatic N) is 1. The molecule has 2 rings (SSSR count). The molecular weight excluding hydrogens is 218 g/mol. The SMILES string of the molecule is C=C(C)CN1CCC[C@H]1c1ccccc1Cl. The maximum absolute atomic E-state index is 6.26. The number of halogens is 1. The van der Waals surface area contributed by atoms with Crippen LogP contribution in [0.4, 0.5) is 0 Å². The summed E-state index contributed by atoms with van der Waals surface area (Å²) in [5, 5.41) is 0.890. The first-order valence-electron chi connectivity index (χ1n) is 5.81. The maximum atomic E-state index is 6.26. The van der Waals surface area contributed by atoms with Crippen molar-refractivity contribution < 1.29 is 0 Å². The topological polar surface area (TPSA) is 3.24 Å². The molecule has 1 saturated heterocycles. The molecule has 1 aliphatic heterocycles. The molecule has 0 saturated carbocycles. The molecule has 86 valence electrons. The lowest BCUT2D eigenvalue weighted by atomic mass is 10.0. The van der Waals surface area contributed by atoms with Crippen LogP contribution < -0.4 is 0 Å². The van der Waals surface area contributed by atoms with Crippen LogP contribution >= 0.6 is 11.6 Å². The Morgan fingerprint density at radius 3 is 2.94 bits per heavy atom. The highest BCUT2D eigenvalue weighted by Gasteiger charge is 2.26. The highest BCUT2D eigenvalue weighted by Crippen LogP contribution is 2.35. The molecule has 16 heavy (non-hydrogen) atoms. The second-order valence-electron chi connectivity index (χ2n) is 4.61. The van der Waals surface area contributed by atoms with Gasteiger partial charge in [-0.2, -0.15) is 0 Å². The molecule has 1 aromatic carbocycles. The highest BCUT2D eigenvalue weighted by molar-refractivity contribution is 6.31. The minimum absolute atomic E-state index is 0.477.